The molecule has 0 radical (unpaired) electrons. The fourth-order valence-electron chi connectivity index (χ4n) is 1.09. The average molecular weight is 143 g/mol. The van der Waals surface area contributed by atoms with Crippen LogP contribution in [0, 0.1) is 5.92 Å². The molecule has 0 aromatic rings. The molecule has 0 spiro atoms. The Hall–Kier alpha value is -0.730. The molecule has 1 rings (SSSR count). The Morgan fingerprint density at radius 2 is 2.50 bits per heavy atom. The van der Waals surface area contributed by atoms with E-state index < -0.39 is 0 Å². The molecule has 10 heavy (non-hydrogen) atoms. The summed E-state index contributed by atoms with van der Waals surface area (Å²) in [5.41, 5.74) is 0. The van der Waals surface area contributed by atoms with Gasteiger partial charge in [-0.2, -0.15) is 0 Å². The van der Waals surface area contributed by atoms with Crippen LogP contribution in [0.2, 0.25) is 0 Å². The van der Waals surface area contributed by atoms with E-state index in [1.54, 1.807) is 0 Å². The molecule has 0 bridgehead atoms. The lowest BCUT2D eigenvalue weighted by atomic mass is 10.1. The molecule has 1 N–H and O–H groups in total. The molecule has 1 amide bonds. The van der Waals surface area contributed by atoms with Crippen molar-refractivity contribution in [2.24, 2.45) is 5.92 Å². The highest BCUT2D eigenvalue weighted by molar-refractivity contribution is 5.69. The summed E-state index contributed by atoms with van der Waals surface area (Å²) in [6.45, 7) is 4.91. The fourth-order valence-corrected chi connectivity index (χ4v) is 1.09. The SMILES string of the molecule is CC(C)C[C@@H]1CNC(=O)O1. The molecule has 58 valence electrons. The van der Waals surface area contributed by atoms with Crippen LogP contribution < -0.4 is 5.32 Å². The third-order valence-corrected chi connectivity index (χ3v) is 1.48. The van der Waals surface area contributed by atoms with Crippen molar-refractivity contribution in [2.45, 2.75) is 26.4 Å². The van der Waals surface area contributed by atoms with Gasteiger partial charge in [-0.1, -0.05) is 13.8 Å². The van der Waals surface area contributed by atoms with Crippen LogP contribution in [0.15, 0.2) is 0 Å². The highest BCUT2D eigenvalue weighted by Crippen LogP contribution is 2.10. The van der Waals surface area contributed by atoms with Crippen molar-refractivity contribution in [1.82, 2.24) is 5.32 Å². The van der Waals surface area contributed by atoms with E-state index in [0.29, 0.717) is 12.5 Å². The molecule has 0 aromatic carbocycles. The van der Waals surface area contributed by atoms with Crippen LogP contribution in [0.3, 0.4) is 0 Å². The van der Waals surface area contributed by atoms with Crippen LogP contribution in [0.4, 0.5) is 4.79 Å². The van der Waals surface area contributed by atoms with Crippen LogP contribution >= 0.6 is 0 Å². The van der Waals surface area contributed by atoms with Gasteiger partial charge in [0.2, 0.25) is 0 Å². The van der Waals surface area contributed by atoms with Crippen LogP contribution in [-0.4, -0.2) is 18.7 Å². The molecule has 0 saturated carbocycles. The first kappa shape index (κ1) is 7.38. The first-order valence-electron chi connectivity index (χ1n) is 3.63. The number of amides is 1. The van der Waals surface area contributed by atoms with Gasteiger partial charge >= 0.3 is 6.09 Å². The highest BCUT2D eigenvalue weighted by Gasteiger charge is 2.22. The second-order valence-corrected chi connectivity index (χ2v) is 3.04. The summed E-state index contributed by atoms with van der Waals surface area (Å²) in [6.07, 6.45) is 0.789. The summed E-state index contributed by atoms with van der Waals surface area (Å²) in [4.78, 5) is 10.5. The van der Waals surface area contributed by atoms with E-state index >= 15 is 0 Å². The first-order chi connectivity index (χ1) is 4.68. The van der Waals surface area contributed by atoms with Gasteiger partial charge in [0.05, 0.1) is 6.54 Å². The molecule has 1 aliphatic heterocycles. The van der Waals surface area contributed by atoms with Crippen molar-refractivity contribution in [3.05, 3.63) is 0 Å². The molecule has 0 unspecified atom stereocenters. The predicted molar refractivity (Wildman–Crippen MR) is 37.7 cm³/mol. The minimum atomic E-state index is -0.273. The zero-order chi connectivity index (χ0) is 7.56. The summed E-state index contributed by atoms with van der Waals surface area (Å²) >= 11 is 0. The lowest BCUT2D eigenvalue weighted by Crippen LogP contribution is -2.16. The lowest BCUT2D eigenvalue weighted by molar-refractivity contribution is 0.128. The molecule has 3 heteroatoms. The maximum absolute atomic E-state index is 10.5. The molecular formula is C7H13NO2. The smallest absolute Gasteiger partial charge is 0.407 e. The van der Waals surface area contributed by atoms with E-state index in [0.717, 1.165) is 6.42 Å². The molecule has 0 aliphatic carbocycles. The number of carbonyl (C=O) groups excluding carboxylic acids is 1. The first-order valence-corrected chi connectivity index (χ1v) is 3.63. The second-order valence-electron chi connectivity index (χ2n) is 3.04. The standard InChI is InChI=1S/C7H13NO2/c1-5(2)3-6-4-8-7(9)10-6/h5-6H,3-4H2,1-2H3,(H,8,9)/t6-/m1/s1. The van der Waals surface area contributed by atoms with E-state index in [4.69, 9.17) is 4.74 Å². The maximum Gasteiger partial charge on any atom is 0.407 e. The maximum atomic E-state index is 10.5. The third kappa shape index (κ3) is 1.90. The molecule has 3 nitrogen and oxygen atoms in total. The Kier molecular flexibility index (Phi) is 2.14. The summed E-state index contributed by atoms with van der Waals surface area (Å²) in [6, 6.07) is 0. The Balaban J connectivity index is 2.24. The van der Waals surface area contributed by atoms with Crippen LogP contribution in [0.5, 0.6) is 0 Å². The van der Waals surface area contributed by atoms with Crippen molar-refractivity contribution in [2.75, 3.05) is 6.54 Å². The van der Waals surface area contributed by atoms with Gasteiger partial charge in [0, 0.05) is 0 Å². The zero-order valence-electron chi connectivity index (χ0n) is 6.39. The van der Waals surface area contributed by atoms with Crippen molar-refractivity contribution < 1.29 is 9.53 Å². The average Bonchev–Trinajstić information content (AvgIpc) is 2.13. The van der Waals surface area contributed by atoms with Crippen molar-refractivity contribution in [3.8, 4) is 0 Å². The summed E-state index contributed by atoms with van der Waals surface area (Å²) < 4.78 is 4.92. The van der Waals surface area contributed by atoms with Gasteiger partial charge < -0.3 is 10.1 Å². The highest BCUT2D eigenvalue weighted by atomic mass is 16.6. The minimum Gasteiger partial charge on any atom is -0.444 e. The second kappa shape index (κ2) is 2.90. The van der Waals surface area contributed by atoms with Gasteiger partial charge in [0.1, 0.15) is 6.10 Å². The number of hydrogen-bond donors (Lipinski definition) is 1. The van der Waals surface area contributed by atoms with Crippen molar-refractivity contribution in [3.63, 3.8) is 0 Å². The molecule has 1 saturated heterocycles. The van der Waals surface area contributed by atoms with E-state index in [1.165, 1.54) is 0 Å². The van der Waals surface area contributed by atoms with E-state index in [2.05, 4.69) is 19.2 Å². The zero-order valence-corrected chi connectivity index (χ0v) is 6.39. The number of ether oxygens (including phenoxy) is 1. The third-order valence-electron chi connectivity index (χ3n) is 1.48. The summed E-state index contributed by atoms with van der Waals surface area (Å²) in [7, 11) is 0. The van der Waals surface area contributed by atoms with Crippen molar-refractivity contribution in [1.29, 1.82) is 0 Å². The van der Waals surface area contributed by atoms with Gasteiger partial charge in [-0.15, -0.1) is 0 Å². The van der Waals surface area contributed by atoms with Gasteiger partial charge in [0.25, 0.3) is 0 Å². The Bertz CT molecular complexity index is 134. The van der Waals surface area contributed by atoms with Crippen LogP contribution in [0.1, 0.15) is 20.3 Å². The number of hydrogen-bond acceptors (Lipinski definition) is 2. The number of alkyl carbamates (subject to hydrolysis) is 1. The van der Waals surface area contributed by atoms with E-state index in [1.807, 2.05) is 0 Å². The Morgan fingerprint density at radius 1 is 1.80 bits per heavy atom. The molecule has 1 aliphatic rings. The van der Waals surface area contributed by atoms with E-state index in [-0.39, 0.29) is 12.2 Å². The fraction of sp³-hybridized carbons (Fsp3) is 0.857. The number of nitrogens with one attached hydrogen (secondary N) is 1. The molecule has 1 atom stereocenters. The summed E-state index contributed by atoms with van der Waals surface area (Å²) in [5.74, 6) is 0.595. The minimum absolute atomic E-state index is 0.104. The molecule has 1 heterocycles. The Labute approximate surface area is 60.7 Å². The van der Waals surface area contributed by atoms with Gasteiger partial charge in [0.15, 0.2) is 0 Å². The molecule has 1 fully saturated rings. The van der Waals surface area contributed by atoms with Gasteiger partial charge in [-0.25, -0.2) is 4.79 Å². The normalized spacial score (nSPS) is 24.7. The predicted octanol–water partition coefficient (Wildman–Crippen LogP) is 1.14. The number of carbonyl (C=O) groups is 1. The monoisotopic (exact) mass is 143 g/mol. The van der Waals surface area contributed by atoms with Gasteiger partial charge in [-0.3, -0.25) is 0 Å². The number of rotatable bonds is 2. The van der Waals surface area contributed by atoms with Gasteiger partial charge in [-0.05, 0) is 12.3 Å². The lowest BCUT2D eigenvalue weighted by Gasteiger charge is -2.08. The largest absolute Gasteiger partial charge is 0.444 e. The van der Waals surface area contributed by atoms with E-state index in [9.17, 15) is 4.79 Å². The number of cyclic esters (lactones) is 1. The Morgan fingerprint density at radius 3 is 2.90 bits per heavy atom. The topological polar surface area (TPSA) is 38.3 Å². The van der Waals surface area contributed by atoms with Crippen LogP contribution in [-0.2, 0) is 4.74 Å². The summed E-state index contributed by atoms with van der Waals surface area (Å²) in [5, 5.41) is 2.61. The van der Waals surface area contributed by atoms with Crippen molar-refractivity contribution >= 4 is 6.09 Å². The quantitative estimate of drug-likeness (QED) is 0.629. The molecular weight excluding hydrogens is 130 g/mol. The van der Waals surface area contributed by atoms with Crippen LogP contribution in [0.25, 0.3) is 0 Å². The molecule has 0 aromatic heterocycles.